The summed E-state index contributed by atoms with van der Waals surface area (Å²) < 4.78 is 0. The van der Waals surface area contributed by atoms with Crippen molar-refractivity contribution >= 4 is 0 Å². The summed E-state index contributed by atoms with van der Waals surface area (Å²) in [5.41, 5.74) is 0. The van der Waals surface area contributed by atoms with Gasteiger partial charge >= 0.3 is 0 Å². The van der Waals surface area contributed by atoms with Crippen molar-refractivity contribution in [2.45, 2.75) is 70.9 Å². The quantitative estimate of drug-likeness (QED) is 0.483. The van der Waals surface area contributed by atoms with E-state index in [1.807, 2.05) is 0 Å². The average molecular weight is 195 g/mol. The summed E-state index contributed by atoms with van der Waals surface area (Å²) >= 11 is 0. The first-order valence-corrected chi connectivity index (χ1v) is 6.24. The Hall–Kier alpha value is -0.300. The molecule has 1 aliphatic rings. The highest BCUT2D eigenvalue weighted by atomic mass is 14.9. The van der Waals surface area contributed by atoms with E-state index < -0.39 is 0 Å². The van der Waals surface area contributed by atoms with Gasteiger partial charge in [-0.05, 0) is 26.2 Å². The number of hydrogen-bond donors (Lipinski definition) is 1. The van der Waals surface area contributed by atoms with Crippen LogP contribution < -0.4 is 5.32 Å². The van der Waals surface area contributed by atoms with Gasteiger partial charge in [0.1, 0.15) is 0 Å². The molecule has 0 bridgehead atoms. The van der Waals surface area contributed by atoms with E-state index in [0.29, 0.717) is 6.04 Å². The summed E-state index contributed by atoms with van der Waals surface area (Å²) in [6.07, 6.45) is 13.9. The van der Waals surface area contributed by atoms with Crippen molar-refractivity contribution in [1.82, 2.24) is 5.32 Å². The standard InChI is InChI=1S/C13H25N/c1-3-4-5-6-9-12(2)14-13-10-7-8-11-13/h7-8,12-14H,3-6,9-11H2,1-2H3. The van der Waals surface area contributed by atoms with Crippen molar-refractivity contribution in [2.75, 3.05) is 0 Å². The smallest absolute Gasteiger partial charge is 0.0138 e. The molecule has 0 aromatic carbocycles. The fraction of sp³-hybridized carbons (Fsp3) is 0.846. The number of rotatable bonds is 7. The molecule has 0 saturated heterocycles. The van der Waals surface area contributed by atoms with Gasteiger partial charge in [0, 0.05) is 12.1 Å². The molecule has 1 atom stereocenters. The fourth-order valence-electron chi connectivity index (χ4n) is 2.12. The molecule has 14 heavy (non-hydrogen) atoms. The lowest BCUT2D eigenvalue weighted by molar-refractivity contribution is 0.424. The minimum atomic E-state index is 0.705. The van der Waals surface area contributed by atoms with Gasteiger partial charge in [-0.25, -0.2) is 0 Å². The third-order valence-electron chi connectivity index (χ3n) is 3.02. The van der Waals surface area contributed by atoms with Gasteiger partial charge in [-0.3, -0.25) is 0 Å². The number of hydrogen-bond acceptors (Lipinski definition) is 1. The molecule has 1 N–H and O–H groups in total. The zero-order valence-electron chi connectivity index (χ0n) is 9.76. The summed E-state index contributed by atoms with van der Waals surface area (Å²) in [6, 6.07) is 1.44. The van der Waals surface area contributed by atoms with Crippen molar-refractivity contribution in [3.05, 3.63) is 12.2 Å². The van der Waals surface area contributed by atoms with Gasteiger partial charge in [-0.15, -0.1) is 0 Å². The molecule has 82 valence electrons. The molecule has 1 aliphatic carbocycles. The number of nitrogens with one attached hydrogen (secondary N) is 1. The van der Waals surface area contributed by atoms with Crippen LogP contribution in [0.1, 0.15) is 58.8 Å². The summed E-state index contributed by atoms with van der Waals surface area (Å²) in [6.45, 7) is 4.59. The molecule has 0 aromatic rings. The van der Waals surface area contributed by atoms with E-state index in [1.54, 1.807) is 0 Å². The van der Waals surface area contributed by atoms with Crippen molar-refractivity contribution in [3.8, 4) is 0 Å². The zero-order chi connectivity index (χ0) is 10.2. The minimum absolute atomic E-state index is 0.705. The molecule has 0 aromatic heterocycles. The first-order valence-electron chi connectivity index (χ1n) is 6.24. The Labute approximate surface area is 89.0 Å². The molecule has 0 heterocycles. The van der Waals surface area contributed by atoms with Crippen molar-refractivity contribution in [1.29, 1.82) is 0 Å². The highest BCUT2D eigenvalue weighted by Crippen LogP contribution is 2.12. The van der Waals surface area contributed by atoms with Gasteiger partial charge in [0.05, 0.1) is 0 Å². The van der Waals surface area contributed by atoms with Crippen LogP contribution in [0.2, 0.25) is 0 Å². The van der Waals surface area contributed by atoms with Crippen LogP contribution >= 0.6 is 0 Å². The van der Waals surface area contributed by atoms with Gasteiger partial charge in [0.15, 0.2) is 0 Å². The third kappa shape index (κ3) is 4.80. The van der Waals surface area contributed by atoms with E-state index in [-0.39, 0.29) is 0 Å². The number of unbranched alkanes of at least 4 members (excludes halogenated alkanes) is 3. The molecule has 1 unspecified atom stereocenters. The average Bonchev–Trinajstić information content (AvgIpc) is 2.65. The van der Waals surface area contributed by atoms with Crippen LogP contribution in [0.5, 0.6) is 0 Å². The molecule has 1 heteroatoms. The second-order valence-corrected chi connectivity index (χ2v) is 4.56. The van der Waals surface area contributed by atoms with Crippen LogP contribution in [-0.2, 0) is 0 Å². The monoisotopic (exact) mass is 195 g/mol. The molecule has 0 fully saturated rings. The van der Waals surface area contributed by atoms with E-state index in [4.69, 9.17) is 0 Å². The molecule has 0 radical (unpaired) electrons. The Morgan fingerprint density at radius 2 is 1.93 bits per heavy atom. The molecular weight excluding hydrogens is 170 g/mol. The lowest BCUT2D eigenvalue weighted by Crippen LogP contribution is -2.34. The molecular formula is C13H25N. The van der Waals surface area contributed by atoms with Gasteiger partial charge in [0.2, 0.25) is 0 Å². The topological polar surface area (TPSA) is 12.0 Å². The van der Waals surface area contributed by atoms with E-state index in [2.05, 4.69) is 31.3 Å². The zero-order valence-corrected chi connectivity index (χ0v) is 9.76. The largest absolute Gasteiger partial charge is 0.311 e. The third-order valence-corrected chi connectivity index (χ3v) is 3.02. The van der Waals surface area contributed by atoms with E-state index in [1.165, 1.54) is 44.9 Å². The van der Waals surface area contributed by atoms with Crippen LogP contribution in [-0.4, -0.2) is 12.1 Å². The summed E-state index contributed by atoms with van der Waals surface area (Å²) in [4.78, 5) is 0. The highest BCUT2D eigenvalue weighted by molar-refractivity contribution is 4.98. The SMILES string of the molecule is CCCCCCC(C)NC1CC=CC1. The van der Waals surface area contributed by atoms with Gasteiger partial charge in [0.25, 0.3) is 0 Å². The Balaban J connectivity index is 1.95. The van der Waals surface area contributed by atoms with E-state index in [9.17, 15) is 0 Å². The van der Waals surface area contributed by atoms with E-state index >= 15 is 0 Å². The highest BCUT2D eigenvalue weighted by Gasteiger charge is 2.12. The van der Waals surface area contributed by atoms with Gasteiger partial charge in [-0.2, -0.15) is 0 Å². The molecule has 0 amide bonds. The predicted octanol–water partition coefficient (Wildman–Crippen LogP) is 3.65. The van der Waals surface area contributed by atoms with Gasteiger partial charge in [-0.1, -0.05) is 44.8 Å². The van der Waals surface area contributed by atoms with Crippen LogP contribution in [0, 0.1) is 0 Å². The lowest BCUT2D eigenvalue weighted by Gasteiger charge is -2.19. The first-order chi connectivity index (χ1) is 6.83. The van der Waals surface area contributed by atoms with E-state index in [0.717, 1.165) is 6.04 Å². The maximum absolute atomic E-state index is 3.69. The fourth-order valence-corrected chi connectivity index (χ4v) is 2.12. The molecule has 1 nitrogen and oxygen atoms in total. The van der Waals surface area contributed by atoms with Crippen LogP contribution in [0.25, 0.3) is 0 Å². The van der Waals surface area contributed by atoms with Crippen molar-refractivity contribution in [3.63, 3.8) is 0 Å². The molecule has 0 saturated carbocycles. The van der Waals surface area contributed by atoms with Gasteiger partial charge < -0.3 is 5.32 Å². The predicted molar refractivity (Wildman–Crippen MR) is 63.5 cm³/mol. The normalized spacial score (nSPS) is 19.0. The van der Waals surface area contributed by atoms with Crippen LogP contribution in [0.4, 0.5) is 0 Å². The molecule has 0 aliphatic heterocycles. The van der Waals surface area contributed by atoms with Crippen LogP contribution in [0.15, 0.2) is 12.2 Å². The van der Waals surface area contributed by atoms with Crippen molar-refractivity contribution in [2.24, 2.45) is 0 Å². The Morgan fingerprint density at radius 3 is 2.57 bits per heavy atom. The second-order valence-electron chi connectivity index (χ2n) is 4.56. The minimum Gasteiger partial charge on any atom is -0.311 e. The second kappa shape index (κ2) is 7.05. The molecule has 1 rings (SSSR count). The summed E-state index contributed by atoms with van der Waals surface area (Å²) in [5.74, 6) is 0. The Morgan fingerprint density at radius 1 is 1.21 bits per heavy atom. The summed E-state index contributed by atoms with van der Waals surface area (Å²) in [5, 5.41) is 3.69. The molecule has 0 spiro atoms. The Bertz CT molecular complexity index is 155. The maximum Gasteiger partial charge on any atom is 0.0138 e. The van der Waals surface area contributed by atoms with Crippen molar-refractivity contribution < 1.29 is 0 Å². The summed E-state index contributed by atoms with van der Waals surface area (Å²) in [7, 11) is 0. The lowest BCUT2D eigenvalue weighted by atomic mass is 10.1. The first kappa shape index (κ1) is 11.8. The maximum atomic E-state index is 3.69. The Kier molecular flexibility index (Phi) is 5.93. The van der Waals surface area contributed by atoms with Crippen LogP contribution in [0.3, 0.4) is 0 Å².